The van der Waals surface area contributed by atoms with Crippen molar-refractivity contribution in [1.29, 1.82) is 0 Å². The highest BCUT2D eigenvalue weighted by molar-refractivity contribution is 7.20. The van der Waals surface area contributed by atoms with Crippen LogP contribution in [0.2, 0.25) is 0 Å². The lowest BCUT2D eigenvalue weighted by Crippen LogP contribution is -2.41. The Labute approximate surface area is 136 Å². The third-order valence-electron chi connectivity index (χ3n) is 3.99. The molecule has 0 spiro atoms. The molecule has 0 saturated carbocycles. The molecule has 2 rings (SSSR count). The average molecular weight is 340 g/mol. The van der Waals surface area contributed by atoms with E-state index >= 15 is 0 Å². The Morgan fingerprint density at radius 3 is 2.57 bits per heavy atom. The summed E-state index contributed by atoms with van der Waals surface area (Å²) >= 11 is 0.960. The van der Waals surface area contributed by atoms with Gasteiger partial charge in [0.15, 0.2) is 0 Å². The van der Waals surface area contributed by atoms with Crippen LogP contribution < -0.4 is 11.2 Å². The largest absolute Gasteiger partial charge is 0.477 e. The van der Waals surface area contributed by atoms with Crippen LogP contribution in [0.3, 0.4) is 0 Å². The number of hydrogen-bond acceptors (Lipinski definition) is 5. The monoisotopic (exact) mass is 340 g/mol. The molecule has 2 heterocycles. The third-order valence-corrected chi connectivity index (χ3v) is 5.29. The topological polar surface area (TPSA) is 90.5 Å². The number of hydrogen-bond donors (Lipinski definition) is 1. The Hall–Kier alpha value is -1.93. The molecule has 2 aromatic rings. The fraction of sp³-hybridized carbons (Fsp3) is 0.533. The number of thiophene rings is 1. The molecule has 0 fully saturated rings. The van der Waals surface area contributed by atoms with E-state index in [9.17, 15) is 19.5 Å². The van der Waals surface area contributed by atoms with Crippen LogP contribution in [-0.4, -0.2) is 33.9 Å². The number of carboxylic acid groups (broad SMARTS) is 1. The lowest BCUT2D eigenvalue weighted by Gasteiger charge is -2.16. The number of nitrogens with zero attached hydrogens (tertiary/aromatic N) is 2. The molecule has 0 aliphatic rings. The number of aromatic nitrogens is 2. The van der Waals surface area contributed by atoms with Crippen LogP contribution in [0.25, 0.3) is 10.2 Å². The van der Waals surface area contributed by atoms with E-state index in [0.29, 0.717) is 28.8 Å². The number of aryl methyl sites for hydroxylation is 1. The third kappa shape index (κ3) is 2.84. The van der Waals surface area contributed by atoms with Gasteiger partial charge in [0.25, 0.3) is 5.56 Å². The first-order valence-electron chi connectivity index (χ1n) is 7.35. The maximum Gasteiger partial charge on any atom is 0.346 e. The second kappa shape index (κ2) is 6.67. The van der Waals surface area contributed by atoms with Gasteiger partial charge in [-0.3, -0.25) is 13.9 Å². The lowest BCUT2D eigenvalue weighted by atomic mass is 10.2. The van der Waals surface area contributed by atoms with Gasteiger partial charge in [-0.1, -0.05) is 6.92 Å². The molecule has 0 saturated heterocycles. The predicted octanol–water partition coefficient (Wildman–Crippen LogP) is 1.85. The van der Waals surface area contributed by atoms with Gasteiger partial charge in [-0.2, -0.15) is 0 Å². The van der Waals surface area contributed by atoms with E-state index < -0.39 is 17.2 Å². The molecule has 7 nitrogen and oxygen atoms in total. The summed E-state index contributed by atoms with van der Waals surface area (Å²) in [6, 6.07) is -0.263. The minimum absolute atomic E-state index is 0.0876. The van der Waals surface area contributed by atoms with E-state index in [1.165, 1.54) is 16.2 Å². The van der Waals surface area contributed by atoms with Gasteiger partial charge >= 0.3 is 11.7 Å². The molecular weight excluding hydrogens is 320 g/mol. The number of ether oxygens (including phenoxy) is 1. The quantitative estimate of drug-likeness (QED) is 0.866. The van der Waals surface area contributed by atoms with Crippen LogP contribution in [-0.2, 0) is 11.3 Å². The normalized spacial score (nSPS) is 12.7. The van der Waals surface area contributed by atoms with Gasteiger partial charge in [-0.25, -0.2) is 9.59 Å². The standard InChI is InChI=1S/C15H20N2O5S/c1-5-8(2)17-12(18)10-9(3)11(14(19)20)23-13(10)16(15(17)21)6-7-22-4/h8H,5-7H2,1-4H3,(H,19,20). The van der Waals surface area contributed by atoms with Gasteiger partial charge in [-0.15, -0.1) is 11.3 Å². The molecule has 0 aliphatic carbocycles. The van der Waals surface area contributed by atoms with Crippen molar-refractivity contribution in [2.45, 2.75) is 39.8 Å². The summed E-state index contributed by atoms with van der Waals surface area (Å²) in [6.45, 7) is 5.86. The van der Waals surface area contributed by atoms with Crippen LogP contribution in [0, 0.1) is 6.92 Å². The van der Waals surface area contributed by atoms with Crippen molar-refractivity contribution in [1.82, 2.24) is 9.13 Å². The maximum atomic E-state index is 12.8. The number of fused-ring (bicyclic) bond motifs is 1. The minimum Gasteiger partial charge on any atom is -0.477 e. The lowest BCUT2D eigenvalue weighted by molar-refractivity contribution is 0.0701. The predicted molar refractivity (Wildman–Crippen MR) is 88.9 cm³/mol. The molecule has 0 bridgehead atoms. The van der Waals surface area contributed by atoms with Crippen molar-refractivity contribution in [3.63, 3.8) is 0 Å². The zero-order valence-electron chi connectivity index (χ0n) is 13.6. The van der Waals surface area contributed by atoms with Crippen LogP contribution in [0.1, 0.15) is 41.5 Å². The highest BCUT2D eigenvalue weighted by atomic mass is 32.1. The molecular formula is C15H20N2O5S. The summed E-state index contributed by atoms with van der Waals surface area (Å²) < 4.78 is 7.68. The highest BCUT2D eigenvalue weighted by Gasteiger charge is 2.23. The van der Waals surface area contributed by atoms with Gasteiger partial charge in [0.05, 0.1) is 18.5 Å². The molecule has 8 heteroatoms. The summed E-state index contributed by atoms with van der Waals surface area (Å²) in [5, 5.41) is 9.62. The molecule has 126 valence electrons. The van der Waals surface area contributed by atoms with E-state index in [1.807, 2.05) is 6.92 Å². The fourth-order valence-corrected chi connectivity index (χ4v) is 3.68. The van der Waals surface area contributed by atoms with Crippen LogP contribution in [0.4, 0.5) is 0 Å². The number of aromatic carboxylic acids is 1. The van der Waals surface area contributed by atoms with E-state index in [-0.39, 0.29) is 17.5 Å². The molecule has 1 unspecified atom stereocenters. The van der Waals surface area contributed by atoms with Gasteiger partial charge < -0.3 is 9.84 Å². The van der Waals surface area contributed by atoms with Crippen LogP contribution in [0.5, 0.6) is 0 Å². The van der Waals surface area contributed by atoms with Crippen molar-refractivity contribution in [2.75, 3.05) is 13.7 Å². The second-order valence-corrected chi connectivity index (χ2v) is 6.40. The van der Waals surface area contributed by atoms with Crippen molar-refractivity contribution < 1.29 is 14.6 Å². The molecule has 1 N–H and O–H groups in total. The van der Waals surface area contributed by atoms with Crippen molar-refractivity contribution in [2.24, 2.45) is 0 Å². The maximum absolute atomic E-state index is 12.8. The van der Waals surface area contributed by atoms with Crippen LogP contribution in [0.15, 0.2) is 9.59 Å². The highest BCUT2D eigenvalue weighted by Crippen LogP contribution is 2.28. The first-order chi connectivity index (χ1) is 10.8. The summed E-state index contributed by atoms with van der Waals surface area (Å²) in [6.07, 6.45) is 0.625. The summed E-state index contributed by atoms with van der Waals surface area (Å²) in [7, 11) is 1.52. The van der Waals surface area contributed by atoms with Gasteiger partial charge in [0.1, 0.15) is 9.71 Å². The van der Waals surface area contributed by atoms with Crippen molar-refractivity contribution >= 4 is 27.5 Å². The Balaban J connectivity index is 2.95. The Morgan fingerprint density at radius 1 is 1.39 bits per heavy atom. The average Bonchev–Trinajstić information content (AvgIpc) is 2.85. The number of carboxylic acids is 1. The molecule has 0 amide bonds. The zero-order valence-corrected chi connectivity index (χ0v) is 14.4. The Kier molecular flexibility index (Phi) is 5.06. The van der Waals surface area contributed by atoms with Crippen molar-refractivity contribution in [3.8, 4) is 0 Å². The van der Waals surface area contributed by atoms with Gasteiger partial charge in [0, 0.05) is 13.2 Å². The molecule has 0 aromatic carbocycles. The molecule has 0 aliphatic heterocycles. The van der Waals surface area contributed by atoms with E-state index in [0.717, 1.165) is 11.3 Å². The Morgan fingerprint density at radius 2 is 2.04 bits per heavy atom. The Bertz CT molecular complexity index is 861. The SMILES string of the molecule is CCC(C)n1c(=O)c2c(C)c(C(=O)O)sc2n(CCOC)c1=O. The summed E-state index contributed by atoms with van der Waals surface area (Å²) in [5.74, 6) is -1.09. The number of carbonyl (C=O) groups is 1. The number of methoxy groups -OCH3 is 1. The molecule has 23 heavy (non-hydrogen) atoms. The van der Waals surface area contributed by atoms with Crippen molar-refractivity contribution in [3.05, 3.63) is 31.3 Å². The fourth-order valence-electron chi connectivity index (χ4n) is 2.52. The number of rotatable bonds is 6. The first-order valence-corrected chi connectivity index (χ1v) is 8.17. The first kappa shape index (κ1) is 17.4. The summed E-state index contributed by atoms with van der Waals surface area (Å²) in [4.78, 5) is 37.4. The van der Waals surface area contributed by atoms with E-state index in [2.05, 4.69) is 0 Å². The summed E-state index contributed by atoms with van der Waals surface area (Å²) in [5.41, 5.74) is -0.438. The van der Waals surface area contributed by atoms with Gasteiger partial charge in [0.2, 0.25) is 0 Å². The molecule has 2 aromatic heterocycles. The zero-order chi connectivity index (χ0) is 17.3. The van der Waals surface area contributed by atoms with E-state index in [4.69, 9.17) is 4.74 Å². The molecule has 0 radical (unpaired) electrons. The molecule has 1 atom stereocenters. The minimum atomic E-state index is -1.09. The van der Waals surface area contributed by atoms with Crippen LogP contribution >= 0.6 is 11.3 Å². The second-order valence-electron chi connectivity index (χ2n) is 5.40. The van der Waals surface area contributed by atoms with Gasteiger partial charge in [-0.05, 0) is 25.8 Å². The smallest absolute Gasteiger partial charge is 0.346 e. The van der Waals surface area contributed by atoms with E-state index in [1.54, 1.807) is 13.8 Å².